The predicted octanol–water partition coefficient (Wildman–Crippen LogP) is 1.20. The molecule has 0 aliphatic carbocycles. The molecule has 0 saturated carbocycles. The number of rotatable bonds is 7. The van der Waals surface area contributed by atoms with E-state index in [1.165, 1.54) is 13.0 Å². The summed E-state index contributed by atoms with van der Waals surface area (Å²) in [6.45, 7) is 11.4. The minimum absolute atomic E-state index is 0.746. The Morgan fingerprint density at radius 1 is 1.31 bits per heavy atom. The number of guanidine groups is 1. The highest BCUT2D eigenvalue weighted by Gasteiger charge is 2.26. The second kappa shape index (κ2) is 9.92. The number of aromatic nitrogens is 2. The molecule has 1 aromatic heterocycles. The lowest BCUT2D eigenvalue weighted by atomic mass is 10.1. The Hall–Kier alpha value is -1.60. The fraction of sp³-hybridized carbons (Fsp3) is 0.789. The zero-order valence-corrected chi connectivity index (χ0v) is 16.4. The third-order valence-corrected chi connectivity index (χ3v) is 5.45. The van der Waals surface area contributed by atoms with E-state index in [1.807, 2.05) is 13.2 Å². The summed E-state index contributed by atoms with van der Waals surface area (Å²) in [7, 11) is 1.90. The van der Waals surface area contributed by atoms with Crippen LogP contribution in [0.4, 0.5) is 0 Å². The van der Waals surface area contributed by atoms with Gasteiger partial charge in [-0.25, -0.2) is 4.98 Å². The van der Waals surface area contributed by atoms with Crippen LogP contribution in [0, 0.1) is 12.8 Å². The number of nitrogens with zero attached hydrogens (tertiary/aromatic N) is 5. The molecular formula is C19H34N6O. The van der Waals surface area contributed by atoms with Crippen LogP contribution >= 0.6 is 0 Å². The first kappa shape index (κ1) is 19.2. The number of aliphatic imine (C=N–C) groups is 1. The lowest BCUT2D eigenvalue weighted by Crippen LogP contribution is -2.42. The molecule has 3 heterocycles. The average molecular weight is 363 g/mol. The summed E-state index contributed by atoms with van der Waals surface area (Å²) >= 11 is 0. The molecule has 7 heteroatoms. The molecule has 2 aliphatic heterocycles. The van der Waals surface area contributed by atoms with Crippen LogP contribution in [0.1, 0.15) is 25.1 Å². The fourth-order valence-corrected chi connectivity index (χ4v) is 3.90. The Bertz CT molecular complexity index is 566. The van der Waals surface area contributed by atoms with E-state index in [2.05, 4.69) is 42.8 Å². The van der Waals surface area contributed by atoms with Gasteiger partial charge in [-0.3, -0.25) is 9.89 Å². The summed E-state index contributed by atoms with van der Waals surface area (Å²) in [6, 6.07) is 0. The highest BCUT2D eigenvalue weighted by atomic mass is 16.5. The van der Waals surface area contributed by atoms with Crippen molar-refractivity contribution in [3.8, 4) is 0 Å². The van der Waals surface area contributed by atoms with Gasteiger partial charge in [0.05, 0.1) is 13.2 Å². The van der Waals surface area contributed by atoms with Gasteiger partial charge in [0.2, 0.25) is 0 Å². The van der Waals surface area contributed by atoms with E-state index in [9.17, 15) is 0 Å². The van der Waals surface area contributed by atoms with Crippen molar-refractivity contribution in [2.24, 2.45) is 10.9 Å². The van der Waals surface area contributed by atoms with Gasteiger partial charge in [0.25, 0.3) is 0 Å². The summed E-state index contributed by atoms with van der Waals surface area (Å²) in [5.41, 5.74) is 0. The Morgan fingerprint density at radius 3 is 2.88 bits per heavy atom. The number of ether oxygens (including phenoxy) is 1. The number of hydrogen-bond acceptors (Lipinski definition) is 4. The van der Waals surface area contributed by atoms with Crippen LogP contribution in [-0.2, 0) is 11.3 Å². The van der Waals surface area contributed by atoms with Crippen molar-refractivity contribution in [3.05, 3.63) is 18.2 Å². The molecule has 1 N–H and O–H groups in total. The molecule has 1 unspecified atom stereocenters. The number of morpholine rings is 1. The van der Waals surface area contributed by atoms with Crippen molar-refractivity contribution in [1.29, 1.82) is 0 Å². The molecule has 0 radical (unpaired) electrons. The van der Waals surface area contributed by atoms with Gasteiger partial charge in [-0.05, 0) is 32.1 Å². The van der Waals surface area contributed by atoms with Crippen LogP contribution in [0.2, 0.25) is 0 Å². The van der Waals surface area contributed by atoms with Crippen LogP contribution in [0.15, 0.2) is 17.4 Å². The van der Waals surface area contributed by atoms with Gasteiger partial charge < -0.3 is 19.5 Å². The van der Waals surface area contributed by atoms with E-state index in [0.717, 1.165) is 83.0 Å². The van der Waals surface area contributed by atoms with E-state index >= 15 is 0 Å². The molecule has 2 fully saturated rings. The van der Waals surface area contributed by atoms with Gasteiger partial charge in [-0.1, -0.05) is 0 Å². The maximum Gasteiger partial charge on any atom is 0.193 e. The molecule has 2 aliphatic rings. The van der Waals surface area contributed by atoms with Crippen molar-refractivity contribution < 1.29 is 4.74 Å². The molecule has 7 nitrogen and oxygen atoms in total. The standard InChI is InChI=1S/C19H34N6O/c1-17-21-7-10-24(17)8-4-3-6-22-19(20-2)25-9-5-18(16-25)15-23-11-13-26-14-12-23/h7,10,18H,3-6,8-9,11-16H2,1-2H3,(H,20,22). The van der Waals surface area contributed by atoms with E-state index in [0.29, 0.717) is 0 Å². The molecular weight excluding hydrogens is 328 g/mol. The lowest BCUT2D eigenvalue weighted by molar-refractivity contribution is 0.0315. The van der Waals surface area contributed by atoms with Crippen LogP contribution in [0.3, 0.4) is 0 Å². The van der Waals surface area contributed by atoms with E-state index in [1.54, 1.807) is 0 Å². The monoisotopic (exact) mass is 362 g/mol. The molecule has 0 aromatic carbocycles. The molecule has 146 valence electrons. The first-order valence-corrected chi connectivity index (χ1v) is 9.99. The Morgan fingerprint density at radius 2 is 2.15 bits per heavy atom. The van der Waals surface area contributed by atoms with Crippen molar-refractivity contribution in [2.75, 3.05) is 59.5 Å². The third-order valence-electron chi connectivity index (χ3n) is 5.45. The molecule has 26 heavy (non-hydrogen) atoms. The van der Waals surface area contributed by atoms with Crippen molar-refractivity contribution in [2.45, 2.75) is 32.7 Å². The maximum atomic E-state index is 5.45. The highest BCUT2D eigenvalue weighted by molar-refractivity contribution is 5.80. The number of hydrogen-bond donors (Lipinski definition) is 1. The zero-order chi connectivity index (χ0) is 18.2. The highest BCUT2D eigenvalue weighted by Crippen LogP contribution is 2.18. The maximum absolute atomic E-state index is 5.45. The lowest BCUT2D eigenvalue weighted by Gasteiger charge is -2.29. The first-order chi connectivity index (χ1) is 12.8. The Balaban J connectivity index is 1.33. The van der Waals surface area contributed by atoms with E-state index < -0.39 is 0 Å². The first-order valence-electron chi connectivity index (χ1n) is 9.99. The second-order valence-corrected chi connectivity index (χ2v) is 7.36. The largest absolute Gasteiger partial charge is 0.379 e. The van der Waals surface area contributed by atoms with Gasteiger partial charge in [0.1, 0.15) is 5.82 Å². The topological polar surface area (TPSA) is 57.9 Å². The second-order valence-electron chi connectivity index (χ2n) is 7.36. The molecule has 0 bridgehead atoms. The molecule has 0 spiro atoms. The van der Waals surface area contributed by atoms with Crippen LogP contribution in [0.5, 0.6) is 0 Å². The number of aryl methyl sites for hydroxylation is 2. The van der Waals surface area contributed by atoms with Crippen molar-refractivity contribution in [1.82, 2.24) is 24.7 Å². The fourth-order valence-electron chi connectivity index (χ4n) is 3.90. The number of imidazole rings is 1. The van der Waals surface area contributed by atoms with Crippen molar-refractivity contribution in [3.63, 3.8) is 0 Å². The van der Waals surface area contributed by atoms with Crippen LogP contribution < -0.4 is 5.32 Å². The number of likely N-dealkylation sites (tertiary alicyclic amines) is 1. The molecule has 0 amide bonds. The summed E-state index contributed by atoms with van der Waals surface area (Å²) in [4.78, 5) is 13.7. The van der Waals surface area contributed by atoms with E-state index in [4.69, 9.17) is 4.74 Å². The minimum atomic E-state index is 0.746. The van der Waals surface area contributed by atoms with Gasteiger partial charge in [0.15, 0.2) is 5.96 Å². The van der Waals surface area contributed by atoms with Gasteiger partial charge in [0, 0.05) is 65.3 Å². The smallest absolute Gasteiger partial charge is 0.193 e. The summed E-state index contributed by atoms with van der Waals surface area (Å²) in [5.74, 6) is 2.90. The molecule has 3 rings (SSSR count). The molecule has 2 saturated heterocycles. The normalized spacial score (nSPS) is 22.2. The quantitative estimate of drug-likeness (QED) is 0.449. The zero-order valence-electron chi connectivity index (χ0n) is 16.4. The van der Waals surface area contributed by atoms with Crippen LogP contribution in [0.25, 0.3) is 0 Å². The van der Waals surface area contributed by atoms with Crippen LogP contribution in [-0.4, -0.2) is 84.8 Å². The number of nitrogens with one attached hydrogen (secondary N) is 1. The number of unbranched alkanes of at least 4 members (excludes halogenated alkanes) is 1. The van der Waals surface area contributed by atoms with Crippen molar-refractivity contribution >= 4 is 5.96 Å². The SMILES string of the molecule is CN=C(NCCCCn1ccnc1C)N1CCC(CN2CCOCC2)C1. The summed E-state index contributed by atoms with van der Waals surface area (Å²) in [5, 5.41) is 3.55. The minimum Gasteiger partial charge on any atom is -0.379 e. The van der Waals surface area contributed by atoms with Gasteiger partial charge in [-0.2, -0.15) is 0 Å². The average Bonchev–Trinajstić information content (AvgIpc) is 3.28. The summed E-state index contributed by atoms with van der Waals surface area (Å²) < 4.78 is 7.66. The Labute approximate surface area is 157 Å². The summed E-state index contributed by atoms with van der Waals surface area (Å²) in [6.07, 6.45) is 7.48. The Kier molecular flexibility index (Phi) is 7.32. The predicted molar refractivity (Wildman–Crippen MR) is 104 cm³/mol. The van der Waals surface area contributed by atoms with Gasteiger partial charge in [-0.15, -0.1) is 0 Å². The molecule has 1 atom stereocenters. The third kappa shape index (κ3) is 5.45. The van der Waals surface area contributed by atoms with Gasteiger partial charge >= 0.3 is 0 Å². The van der Waals surface area contributed by atoms with E-state index in [-0.39, 0.29) is 0 Å². The molecule has 1 aromatic rings.